The fourth-order valence-electron chi connectivity index (χ4n) is 5.66. The van der Waals surface area contributed by atoms with Gasteiger partial charge in [0.15, 0.2) is 0 Å². The van der Waals surface area contributed by atoms with Crippen molar-refractivity contribution in [3.05, 3.63) is 47.5 Å². The topological polar surface area (TPSA) is 25.8 Å². The Hall–Kier alpha value is -1.70. The van der Waals surface area contributed by atoms with Crippen LogP contribution < -0.4 is 0 Å². The number of hydrogen-bond acceptors (Lipinski definition) is 2. The maximum Gasteiger partial charge on any atom is 0.128 e. The predicted octanol–water partition coefficient (Wildman–Crippen LogP) is 9.28. The summed E-state index contributed by atoms with van der Waals surface area (Å²) in [5.41, 5.74) is 5.27. The van der Waals surface area contributed by atoms with E-state index in [0.29, 0.717) is 0 Å². The summed E-state index contributed by atoms with van der Waals surface area (Å²) >= 11 is 0. The third-order valence-corrected chi connectivity index (χ3v) is 7.82. The zero-order chi connectivity index (χ0) is 23.3. The van der Waals surface area contributed by atoms with E-state index in [2.05, 4.69) is 48.9 Å². The number of unbranched alkanes of at least 4 members (excludes halogenated alkanes) is 6. The first-order valence-electron chi connectivity index (χ1n) is 14.1. The molecule has 0 spiro atoms. The molecule has 0 amide bonds. The molecule has 0 unspecified atom stereocenters. The van der Waals surface area contributed by atoms with Gasteiger partial charge in [0.05, 0.1) is 0 Å². The highest BCUT2D eigenvalue weighted by molar-refractivity contribution is 5.66. The lowest BCUT2D eigenvalue weighted by Gasteiger charge is -2.28. The van der Waals surface area contributed by atoms with E-state index in [1.165, 1.54) is 113 Å². The Morgan fingerprint density at radius 3 is 2.00 bits per heavy atom. The summed E-state index contributed by atoms with van der Waals surface area (Å²) in [6, 6.07) is 7.01. The average molecular weight is 449 g/mol. The second-order valence-electron chi connectivity index (χ2n) is 10.6. The first kappa shape index (κ1) is 25.9. The van der Waals surface area contributed by atoms with E-state index < -0.39 is 0 Å². The Labute approximate surface area is 204 Å². The second-order valence-corrected chi connectivity index (χ2v) is 10.6. The van der Waals surface area contributed by atoms with Crippen molar-refractivity contribution in [2.45, 2.75) is 124 Å². The summed E-state index contributed by atoms with van der Waals surface area (Å²) < 4.78 is 0. The first-order valence-corrected chi connectivity index (χ1v) is 14.1. The van der Waals surface area contributed by atoms with Crippen molar-refractivity contribution in [3.8, 4) is 11.1 Å². The van der Waals surface area contributed by atoms with Crippen LogP contribution in [0.5, 0.6) is 0 Å². The van der Waals surface area contributed by atoms with E-state index in [9.17, 15) is 0 Å². The molecule has 1 aliphatic rings. The molecule has 0 bridgehead atoms. The van der Waals surface area contributed by atoms with E-state index in [0.717, 1.165) is 29.6 Å². The molecule has 2 heteroatoms. The molecule has 2 nitrogen and oxygen atoms in total. The van der Waals surface area contributed by atoms with Crippen LogP contribution in [0.15, 0.2) is 30.6 Å². The molecule has 1 aliphatic carbocycles. The maximum atomic E-state index is 4.67. The summed E-state index contributed by atoms with van der Waals surface area (Å²) in [6.07, 6.45) is 25.6. The number of aryl methyl sites for hydroxylation is 3. The van der Waals surface area contributed by atoms with Gasteiger partial charge < -0.3 is 0 Å². The lowest BCUT2D eigenvalue weighted by atomic mass is 9.78. The fraction of sp³-hybridized carbons (Fsp3) is 0.677. The van der Waals surface area contributed by atoms with E-state index in [1.54, 1.807) is 0 Å². The molecule has 0 saturated heterocycles. The molecule has 1 saturated carbocycles. The quantitative estimate of drug-likeness (QED) is 0.269. The largest absolute Gasteiger partial charge is 0.241 e. The van der Waals surface area contributed by atoms with Gasteiger partial charge in [0.25, 0.3) is 0 Å². The molecule has 0 atom stereocenters. The smallest absolute Gasteiger partial charge is 0.128 e. The molecule has 0 aliphatic heterocycles. The van der Waals surface area contributed by atoms with Crippen LogP contribution >= 0.6 is 0 Å². The van der Waals surface area contributed by atoms with Gasteiger partial charge in [-0.1, -0.05) is 109 Å². The van der Waals surface area contributed by atoms with E-state index in [1.807, 2.05) is 12.4 Å². The highest BCUT2D eigenvalue weighted by Gasteiger charge is 2.20. The Kier molecular flexibility index (Phi) is 11.4. The van der Waals surface area contributed by atoms with Crippen LogP contribution in [0, 0.1) is 18.8 Å². The van der Waals surface area contributed by atoms with Crippen LogP contribution in [0.25, 0.3) is 11.1 Å². The molecular weight excluding hydrogens is 400 g/mol. The van der Waals surface area contributed by atoms with E-state index in [4.69, 9.17) is 0 Å². The summed E-state index contributed by atoms with van der Waals surface area (Å²) in [5.74, 6) is 2.95. The highest BCUT2D eigenvalue weighted by atomic mass is 14.9. The number of benzene rings is 1. The molecular formula is C31H48N2. The minimum absolute atomic E-state index is 0.940. The van der Waals surface area contributed by atoms with Gasteiger partial charge in [-0.25, -0.2) is 9.97 Å². The third kappa shape index (κ3) is 8.87. The van der Waals surface area contributed by atoms with Crippen molar-refractivity contribution in [3.63, 3.8) is 0 Å². The monoisotopic (exact) mass is 448 g/mol. The van der Waals surface area contributed by atoms with Crippen LogP contribution in [-0.2, 0) is 12.8 Å². The van der Waals surface area contributed by atoms with Gasteiger partial charge in [-0.15, -0.1) is 0 Å². The zero-order valence-corrected chi connectivity index (χ0v) is 21.7. The SMILES string of the molecule is CCCCCCCCCc1ncc(-c2ccc(CC[C@H]3CC[C@H](CCC)CC3)cc2C)cn1. The maximum absolute atomic E-state index is 4.67. The number of hydrogen-bond donors (Lipinski definition) is 0. The number of nitrogens with zero attached hydrogens (tertiary/aromatic N) is 2. The van der Waals surface area contributed by atoms with Crippen LogP contribution in [-0.4, -0.2) is 9.97 Å². The summed E-state index contributed by atoms with van der Waals surface area (Å²) in [4.78, 5) is 9.34. The van der Waals surface area contributed by atoms with Crippen LogP contribution in [0.4, 0.5) is 0 Å². The highest BCUT2D eigenvalue weighted by Crippen LogP contribution is 2.34. The lowest BCUT2D eigenvalue weighted by Crippen LogP contribution is -2.15. The number of aromatic nitrogens is 2. The molecule has 0 N–H and O–H groups in total. The Bertz CT molecular complexity index is 787. The number of rotatable bonds is 14. The fourth-order valence-corrected chi connectivity index (χ4v) is 5.66. The van der Waals surface area contributed by atoms with Gasteiger partial charge in [-0.3, -0.25) is 0 Å². The normalized spacial score (nSPS) is 18.5. The van der Waals surface area contributed by atoms with Gasteiger partial charge in [-0.05, 0) is 54.7 Å². The Morgan fingerprint density at radius 1 is 0.727 bits per heavy atom. The van der Waals surface area contributed by atoms with Crippen molar-refractivity contribution >= 4 is 0 Å². The molecule has 1 aromatic heterocycles. The summed E-state index contributed by atoms with van der Waals surface area (Å²) in [6.45, 7) is 6.84. The summed E-state index contributed by atoms with van der Waals surface area (Å²) in [7, 11) is 0. The molecule has 2 aromatic rings. The molecule has 1 heterocycles. The van der Waals surface area contributed by atoms with Gasteiger partial charge in [0.1, 0.15) is 5.82 Å². The average Bonchev–Trinajstić information content (AvgIpc) is 2.84. The first-order chi connectivity index (χ1) is 16.2. The Morgan fingerprint density at radius 2 is 1.36 bits per heavy atom. The van der Waals surface area contributed by atoms with Gasteiger partial charge in [0, 0.05) is 24.4 Å². The summed E-state index contributed by atoms with van der Waals surface area (Å²) in [5, 5.41) is 0. The molecule has 1 aromatic carbocycles. The van der Waals surface area contributed by atoms with Crippen molar-refractivity contribution in [1.82, 2.24) is 9.97 Å². The minimum atomic E-state index is 0.940. The molecule has 3 rings (SSSR count). The predicted molar refractivity (Wildman–Crippen MR) is 143 cm³/mol. The van der Waals surface area contributed by atoms with Crippen LogP contribution in [0.1, 0.15) is 121 Å². The molecule has 182 valence electrons. The molecule has 0 radical (unpaired) electrons. The van der Waals surface area contributed by atoms with E-state index >= 15 is 0 Å². The van der Waals surface area contributed by atoms with Crippen molar-refractivity contribution < 1.29 is 0 Å². The van der Waals surface area contributed by atoms with Crippen molar-refractivity contribution in [2.24, 2.45) is 11.8 Å². The van der Waals surface area contributed by atoms with Gasteiger partial charge in [-0.2, -0.15) is 0 Å². The van der Waals surface area contributed by atoms with Crippen LogP contribution in [0.3, 0.4) is 0 Å². The van der Waals surface area contributed by atoms with Crippen LogP contribution in [0.2, 0.25) is 0 Å². The van der Waals surface area contributed by atoms with Gasteiger partial charge >= 0.3 is 0 Å². The Balaban J connectivity index is 1.42. The lowest BCUT2D eigenvalue weighted by molar-refractivity contribution is 0.252. The zero-order valence-electron chi connectivity index (χ0n) is 21.7. The second kappa shape index (κ2) is 14.5. The third-order valence-electron chi connectivity index (χ3n) is 7.82. The minimum Gasteiger partial charge on any atom is -0.241 e. The van der Waals surface area contributed by atoms with Crippen molar-refractivity contribution in [2.75, 3.05) is 0 Å². The van der Waals surface area contributed by atoms with E-state index in [-0.39, 0.29) is 0 Å². The standard InChI is InChI=1S/C31H48N2/c1-4-6-7-8-9-10-11-13-31-32-23-29(24-33-31)30-21-20-28(22-25(30)3)19-18-27-16-14-26(12-5-2)15-17-27/h20-24,26-27H,4-19H2,1-3H3/t26-,27-. The van der Waals surface area contributed by atoms with Gasteiger partial charge in [0.2, 0.25) is 0 Å². The molecule has 33 heavy (non-hydrogen) atoms. The van der Waals surface area contributed by atoms with Crippen molar-refractivity contribution in [1.29, 1.82) is 0 Å². The molecule has 1 fully saturated rings.